The van der Waals surface area contributed by atoms with Gasteiger partial charge in [-0.05, 0) is 61.9 Å². The van der Waals surface area contributed by atoms with Crippen molar-refractivity contribution >= 4 is 28.6 Å². The number of fused-ring (bicyclic) bond motifs is 1. The van der Waals surface area contributed by atoms with Crippen LogP contribution in [0.3, 0.4) is 0 Å². The van der Waals surface area contributed by atoms with E-state index in [-0.39, 0.29) is 11.7 Å². The summed E-state index contributed by atoms with van der Waals surface area (Å²) in [6, 6.07) is 11.8. The van der Waals surface area contributed by atoms with Crippen LogP contribution in [0.25, 0.3) is 39.7 Å². The molecule has 0 spiro atoms. The molecule has 6 aromatic rings. The van der Waals surface area contributed by atoms with Gasteiger partial charge in [-0.15, -0.1) is 11.3 Å². The van der Waals surface area contributed by atoms with E-state index >= 15 is 0 Å². The second-order valence-electron chi connectivity index (χ2n) is 8.74. The van der Waals surface area contributed by atoms with Gasteiger partial charge in [0.15, 0.2) is 5.65 Å². The van der Waals surface area contributed by atoms with Crippen LogP contribution in [0.5, 0.6) is 0 Å². The fourth-order valence-electron chi connectivity index (χ4n) is 4.25. The van der Waals surface area contributed by atoms with Crippen LogP contribution < -0.4 is 5.32 Å². The number of rotatable bonds is 5. The molecule has 0 fully saturated rings. The van der Waals surface area contributed by atoms with Crippen LogP contribution in [0.4, 0.5) is 10.1 Å². The lowest BCUT2D eigenvalue weighted by Crippen LogP contribution is -2.12. The fraction of sp³-hybridized carbons (Fsp3) is 0.111. The summed E-state index contributed by atoms with van der Waals surface area (Å²) in [6.45, 7) is 3.82. The Morgan fingerprint density at radius 1 is 1.00 bits per heavy atom. The average Bonchev–Trinajstić information content (AvgIpc) is 3.65. The number of carbonyl (C=O) groups is 1. The molecule has 0 atom stereocenters. The van der Waals surface area contributed by atoms with Crippen LogP contribution in [0.15, 0.2) is 66.6 Å². The van der Waals surface area contributed by atoms with Gasteiger partial charge in [0.05, 0.1) is 35.0 Å². The molecular formula is C27H21FN8OS. The smallest absolute Gasteiger partial charge is 0.267 e. The zero-order valence-electron chi connectivity index (χ0n) is 20.7. The van der Waals surface area contributed by atoms with Crippen molar-refractivity contribution in [3.05, 3.63) is 88.6 Å². The zero-order chi connectivity index (χ0) is 26.4. The number of benzene rings is 1. The third kappa shape index (κ3) is 4.12. The number of aryl methyl sites for hydroxylation is 2. The Morgan fingerprint density at radius 3 is 2.58 bits per heavy atom. The summed E-state index contributed by atoms with van der Waals surface area (Å²) in [5.41, 5.74) is 7.77. The summed E-state index contributed by atoms with van der Waals surface area (Å²) < 4.78 is 17.2. The summed E-state index contributed by atoms with van der Waals surface area (Å²) in [6.07, 6.45) is 5.00. The minimum Gasteiger partial charge on any atom is -0.330 e. The van der Waals surface area contributed by atoms with Crippen LogP contribution in [0, 0.1) is 19.7 Å². The second kappa shape index (κ2) is 9.27. The number of hydrogen-bond acceptors (Lipinski definition) is 7. The van der Waals surface area contributed by atoms with Gasteiger partial charge in [-0.2, -0.15) is 5.10 Å². The van der Waals surface area contributed by atoms with Gasteiger partial charge in [0.1, 0.15) is 33.6 Å². The topological polar surface area (TPSA) is 103 Å². The molecule has 0 radical (unpaired) electrons. The van der Waals surface area contributed by atoms with Gasteiger partial charge in [-0.1, -0.05) is 0 Å². The molecule has 5 heterocycles. The van der Waals surface area contributed by atoms with E-state index in [4.69, 9.17) is 15.1 Å². The maximum atomic E-state index is 13.5. The number of carbonyl (C=O) groups excluding carboxylic acids is 1. The Balaban J connectivity index is 1.42. The average molecular weight is 525 g/mol. The first kappa shape index (κ1) is 23.6. The number of thiazole rings is 1. The largest absolute Gasteiger partial charge is 0.330 e. The van der Waals surface area contributed by atoms with E-state index in [1.165, 1.54) is 29.7 Å². The summed E-state index contributed by atoms with van der Waals surface area (Å²) in [7, 11) is 1.92. The van der Waals surface area contributed by atoms with Crippen molar-refractivity contribution in [1.29, 1.82) is 0 Å². The molecule has 1 N–H and O–H groups in total. The second-order valence-corrected chi connectivity index (χ2v) is 9.63. The molecular weight excluding hydrogens is 503 g/mol. The lowest BCUT2D eigenvalue weighted by Gasteiger charge is -2.10. The molecule has 0 saturated carbocycles. The fourth-order valence-corrected chi connectivity index (χ4v) is 4.76. The van der Waals surface area contributed by atoms with Crippen LogP contribution in [0.2, 0.25) is 0 Å². The number of halogens is 1. The Kier molecular flexibility index (Phi) is 5.76. The first-order valence-electron chi connectivity index (χ1n) is 11.7. The SMILES string of the molecule is Cc1ccnc(-c2cn3nc(-c4c(-c5ccc(F)cc5)nc(C)n4C)ccc3n2)c1NC(=O)c1cncs1. The van der Waals surface area contributed by atoms with Crippen molar-refractivity contribution in [2.75, 3.05) is 5.32 Å². The van der Waals surface area contributed by atoms with Gasteiger partial charge in [0, 0.05) is 18.8 Å². The van der Waals surface area contributed by atoms with E-state index in [9.17, 15) is 9.18 Å². The normalized spacial score (nSPS) is 11.3. The first-order valence-corrected chi connectivity index (χ1v) is 12.6. The molecule has 1 aromatic carbocycles. The van der Waals surface area contributed by atoms with E-state index in [1.807, 2.05) is 43.7 Å². The number of nitrogens with one attached hydrogen (secondary N) is 1. The minimum absolute atomic E-state index is 0.256. The van der Waals surface area contributed by atoms with Gasteiger partial charge in [0.25, 0.3) is 5.91 Å². The highest BCUT2D eigenvalue weighted by Crippen LogP contribution is 2.33. The number of nitrogens with zero attached hydrogens (tertiary/aromatic N) is 7. The molecule has 0 bridgehead atoms. The summed E-state index contributed by atoms with van der Waals surface area (Å²) in [5, 5.41) is 7.78. The Labute approximate surface area is 220 Å². The van der Waals surface area contributed by atoms with Crippen molar-refractivity contribution in [2.45, 2.75) is 13.8 Å². The Morgan fingerprint density at radius 2 is 1.82 bits per heavy atom. The van der Waals surface area contributed by atoms with E-state index in [0.29, 0.717) is 39.0 Å². The van der Waals surface area contributed by atoms with Crippen molar-refractivity contribution in [3.63, 3.8) is 0 Å². The van der Waals surface area contributed by atoms with Gasteiger partial charge in [-0.3, -0.25) is 14.8 Å². The number of amides is 1. The molecule has 0 unspecified atom stereocenters. The lowest BCUT2D eigenvalue weighted by molar-refractivity contribution is 0.103. The van der Waals surface area contributed by atoms with E-state index < -0.39 is 0 Å². The first-order chi connectivity index (χ1) is 18.4. The van der Waals surface area contributed by atoms with Crippen LogP contribution in [0.1, 0.15) is 21.1 Å². The van der Waals surface area contributed by atoms with Gasteiger partial charge >= 0.3 is 0 Å². The van der Waals surface area contributed by atoms with Crippen LogP contribution in [-0.4, -0.2) is 40.0 Å². The number of imidazole rings is 2. The zero-order valence-corrected chi connectivity index (χ0v) is 21.5. The van der Waals surface area contributed by atoms with Gasteiger partial charge in [-0.25, -0.2) is 18.9 Å². The molecule has 0 aliphatic rings. The van der Waals surface area contributed by atoms with Crippen LogP contribution in [-0.2, 0) is 7.05 Å². The Bertz CT molecular complexity index is 1810. The quantitative estimate of drug-likeness (QED) is 0.327. The molecule has 188 valence electrons. The molecule has 1 amide bonds. The third-order valence-electron chi connectivity index (χ3n) is 6.30. The molecule has 11 heteroatoms. The molecule has 38 heavy (non-hydrogen) atoms. The molecule has 0 saturated heterocycles. The standard InChI is InChI=1S/C27H21FN8OS/c1-15-10-11-30-25(23(15)33-27(37)21-12-29-14-38-21)20-13-36-22(32-20)9-8-19(34-36)26-24(31-16(2)35(26)3)17-4-6-18(28)7-5-17/h4-14H,1-3H3,(H,33,37). The van der Waals surface area contributed by atoms with E-state index in [2.05, 4.69) is 15.3 Å². The highest BCUT2D eigenvalue weighted by atomic mass is 32.1. The van der Waals surface area contributed by atoms with Crippen molar-refractivity contribution in [3.8, 4) is 34.0 Å². The maximum absolute atomic E-state index is 13.5. The number of aromatic nitrogens is 7. The maximum Gasteiger partial charge on any atom is 0.267 e. The van der Waals surface area contributed by atoms with Gasteiger partial charge < -0.3 is 9.88 Å². The van der Waals surface area contributed by atoms with Gasteiger partial charge in [0.2, 0.25) is 0 Å². The molecule has 5 aromatic heterocycles. The molecule has 0 aliphatic carbocycles. The summed E-state index contributed by atoms with van der Waals surface area (Å²) in [5.74, 6) is 0.243. The van der Waals surface area contributed by atoms with Crippen molar-refractivity contribution in [1.82, 2.24) is 34.1 Å². The predicted octanol–water partition coefficient (Wildman–Crippen LogP) is 5.32. The van der Waals surface area contributed by atoms with Crippen molar-refractivity contribution < 1.29 is 9.18 Å². The number of anilines is 1. The molecule has 9 nitrogen and oxygen atoms in total. The molecule has 6 rings (SSSR count). The number of hydrogen-bond donors (Lipinski definition) is 1. The predicted molar refractivity (Wildman–Crippen MR) is 143 cm³/mol. The number of pyridine rings is 1. The Hall–Kier alpha value is -4.77. The summed E-state index contributed by atoms with van der Waals surface area (Å²) in [4.78, 5) is 31.2. The minimum atomic E-state index is -0.305. The summed E-state index contributed by atoms with van der Waals surface area (Å²) >= 11 is 1.27. The van der Waals surface area contributed by atoms with Crippen molar-refractivity contribution in [2.24, 2.45) is 7.05 Å². The highest BCUT2D eigenvalue weighted by Gasteiger charge is 2.20. The third-order valence-corrected chi connectivity index (χ3v) is 7.07. The van der Waals surface area contributed by atoms with E-state index in [0.717, 1.165) is 22.6 Å². The highest BCUT2D eigenvalue weighted by molar-refractivity contribution is 7.11. The van der Waals surface area contributed by atoms with E-state index in [1.54, 1.807) is 34.6 Å². The van der Waals surface area contributed by atoms with Crippen LogP contribution >= 0.6 is 11.3 Å². The monoisotopic (exact) mass is 524 g/mol. The lowest BCUT2D eigenvalue weighted by atomic mass is 10.1. The molecule has 0 aliphatic heterocycles.